The van der Waals surface area contributed by atoms with E-state index in [1.54, 1.807) is 17.3 Å². The highest BCUT2D eigenvalue weighted by atomic mass is 16.5. The summed E-state index contributed by atoms with van der Waals surface area (Å²) in [5, 5.41) is 0. The van der Waals surface area contributed by atoms with Gasteiger partial charge in [-0.15, -0.1) is 0 Å². The van der Waals surface area contributed by atoms with Gasteiger partial charge in [-0.05, 0) is 61.8 Å². The van der Waals surface area contributed by atoms with Gasteiger partial charge in [-0.25, -0.2) is 15.0 Å². The Hall–Kier alpha value is -2.95. The molecule has 0 bridgehead atoms. The molecule has 1 aliphatic rings. The van der Waals surface area contributed by atoms with Crippen molar-refractivity contribution < 1.29 is 4.74 Å². The molecule has 0 atom stereocenters. The van der Waals surface area contributed by atoms with Crippen molar-refractivity contribution in [1.29, 1.82) is 0 Å². The van der Waals surface area contributed by atoms with E-state index in [9.17, 15) is 0 Å². The summed E-state index contributed by atoms with van der Waals surface area (Å²) >= 11 is 0. The number of nitrogens with two attached hydrogens (primary N) is 1. The fourth-order valence-corrected chi connectivity index (χ4v) is 3.25. The van der Waals surface area contributed by atoms with E-state index >= 15 is 0 Å². The molecule has 28 heavy (non-hydrogen) atoms. The highest BCUT2D eigenvalue weighted by molar-refractivity contribution is 5.40. The lowest BCUT2D eigenvalue weighted by atomic mass is 10.1. The second-order valence-electron chi connectivity index (χ2n) is 6.91. The van der Waals surface area contributed by atoms with Crippen LogP contribution >= 0.6 is 0 Å². The predicted molar refractivity (Wildman–Crippen MR) is 113 cm³/mol. The molecule has 3 aromatic rings. The Morgan fingerprint density at radius 1 is 0.964 bits per heavy atom. The molecule has 4 rings (SSSR count). The molecular formula is C23H28N4O. The van der Waals surface area contributed by atoms with Crippen LogP contribution in [0, 0.1) is 6.92 Å². The number of nitrogen functional groups attached to an aromatic ring is 1. The van der Waals surface area contributed by atoms with Gasteiger partial charge >= 0.3 is 0 Å². The predicted octanol–water partition coefficient (Wildman–Crippen LogP) is 4.85. The van der Waals surface area contributed by atoms with E-state index in [1.807, 2.05) is 32.9 Å². The molecular weight excluding hydrogens is 348 g/mol. The highest BCUT2D eigenvalue weighted by Crippen LogP contribution is 2.24. The Morgan fingerprint density at radius 2 is 1.64 bits per heavy atom. The van der Waals surface area contributed by atoms with Gasteiger partial charge in [-0.1, -0.05) is 38.1 Å². The summed E-state index contributed by atoms with van der Waals surface area (Å²) < 4.78 is 5.74. The fourth-order valence-electron chi connectivity index (χ4n) is 3.25. The Morgan fingerprint density at radius 3 is 2.25 bits per heavy atom. The van der Waals surface area contributed by atoms with Gasteiger partial charge in [0.2, 0.25) is 11.8 Å². The second-order valence-corrected chi connectivity index (χ2v) is 6.91. The van der Waals surface area contributed by atoms with Gasteiger partial charge in [0.15, 0.2) is 0 Å². The first-order chi connectivity index (χ1) is 13.6. The lowest BCUT2D eigenvalue weighted by Gasteiger charge is -2.11. The van der Waals surface area contributed by atoms with Gasteiger partial charge < -0.3 is 10.5 Å². The van der Waals surface area contributed by atoms with E-state index in [1.165, 1.54) is 19.3 Å². The molecule has 1 aromatic carbocycles. The number of aryl methyl sites for hydroxylation is 5. The number of hydrogen-bond donors (Lipinski definition) is 1. The summed E-state index contributed by atoms with van der Waals surface area (Å²) in [6.07, 6.45) is 7.11. The van der Waals surface area contributed by atoms with Crippen LogP contribution in [0.25, 0.3) is 0 Å². The van der Waals surface area contributed by atoms with Crippen LogP contribution in [0.4, 0.5) is 5.82 Å². The van der Waals surface area contributed by atoms with Gasteiger partial charge in [-0.3, -0.25) is 0 Å². The lowest BCUT2D eigenvalue weighted by molar-refractivity contribution is 0.433. The minimum Gasteiger partial charge on any atom is -0.419 e. The number of aromatic nitrogens is 3. The van der Waals surface area contributed by atoms with Crippen LogP contribution in [-0.2, 0) is 25.7 Å². The summed E-state index contributed by atoms with van der Waals surface area (Å²) in [5.41, 5.74) is 11.6. The standard InChI is InChI=1S/C14H18N4O.C9H10/c1-4-10-13(15)17-11(5-2)14(18-10)19-12-8-9(3)6-7-16-12;1-2-5-9-7-3-6-8(9)4-1/h6-8H,4-5H2,1-3H3,(H2,15,17);1-2,4-5H,3,6-7H2. The van der Waals surface area contributed by atoms with E-state index < -0.39 is 0 Å². The molecule has 2 N–H and O–H groups in total. The van der Waals surface area contributed by atoms with Gasteiger partial charge in [-0.2, -0.15) is 0 Å². The van der Waals surface area contributed by atoms with E-state index in [2.05, 4.69) is 39.2 Å². The Labute approximate surface area is 167 Å². The summed E-state index contributed by atoms with van der Waals surface area (Å²) in [6, 6.07) is 12.5. The first-order valence-electron chi connectivity index (χ1n) is 9.93. The smallest absolute Gasteiger partial charge is 0.243 e. The minimum absolute atomic E-state index is 0.476. The molecule has 1 aliphatic carbocycles. The zero-order chi connectivity index (χ0) is 19.9. The molecule has 0 saturated carbocycles. The fraction of sp³-hybridized carbons (Fsp3) is 0.348. The van der Waals surface area contributed by atoms with Crippen molar-refractivity contribution in [3.63, 3.8) is 0 Å². The third-order valence-corrected chi connectivity index (χ3v) is 4.81. The summed E-state index contributed by atoms with van der Waals surface area (Å²) in [5.74, 6) is 1.49. The third kappa shape index (κ3) is 4.85. The number of rotatable bonds is 4. The van der Waals surface area contributed by atoms with Gasteiger partial charge in [0.05, 0.1) is 5.69 Å². The Kier molecular flexibility index (Phi) is 6.58. The van der Waals surface area contributed by atoms with Gasteiger partial charge in [0, 0.05) is 12.3 Å². The number of nitrogens with zero attached hydrogens (tertiary/aromatic N) is 3. The maximum Gasteiger partial charge on any atom is 0.243 e. The van der Waals surface area contributed by atoms with Crippen molar-refractivity contribution >= 4 is 5.82 Å². The van der Waals surface area contributed by atoms with Crippen LogP contribution in [0.3, 0.4) is 0 Å². The molecule has 0 fully saturated rings. The summed E-state index contributed by atoms with van der Waals surface area (Å²) in [7, 11) is 0. The normalized spacial score (nSPS) is 12.1. The molecule has 0 aliphatic heterocycles. The molecule has 0 unspecified atom stereocenters. The van der Waals surface area contributed by atoms with Gasteiger partial charge in [0.25, 0.3) is 0 Å². The Balaban J connectivity index is 0.000000206. The number of hydrogen-bond acceptors (Lipinski definition) is 5. The molecule has 2 heterocycles. The van der Waals surface area contributed by atoms with Crippen LogP contribution in [0.5, 0.6) is 11.8 Å². The number of benzene rings is 1. The number of anilines is 1. The van der Waals surface area contributed by atoms with Crippen LogP contribution < -0.4 is 10.5 Å². The van der Waals surface area contributed by atoms with Gasteiger partial charge in [0.1, 0.15) is 11.5 Å². The number of pyridine rings is 1. The van der Waals surface area contributed by atoms with Crippen molar-refractivity contribution in [3.05, 3.63) is 70.7 Å². The van der Waals surface area contributed by atoms with Crippen LogP contribution in [0.2, 0.25) is 0 Å². The molecule has 0 saturated heterocycles. The summed E-state index contributed by atoms with van der Waals surface area (Å²) in [4.78, 5) is 12.9. The maximum absolute atomic E-state index is 5.85. The van der Waals surface area contributed by atoms with E-state index in [4.69, 9.17) is 10.5 Å². The lowest BCUT2D eigenvalue weighted by Crippen LogP contribution is -2.06. The monoisotopic (exact) mass is 376 g/mol. The van der Waals surface area contributed by atoms with Crippen molar-refractivity contribution in [2.24, 2.45) is 0 Å². The zero-order valence-corrected chi connectivity index (χ0v) is 16.9. The van der Waals surface area contributed by atoms with Crippen molar-refractivity contribution in [1.82, 2.24) is 15.0 Å². The first kappa shape index (κ1) is 19.8. The van der Waals surface area contributed by atoms with Crippen LogP contribution in [-0.4, -0.2) is 15.0 Å². The maximum atomic E-state index is 5.85. The van der Waals surface area contributed by atoms with E-state index in [0.717, 1.165) is 23.4 Å². The first-order valence-corrected chi connectivity index (χ1v) is 9.93. The zero-order valence-electron chi connectivity index (χ0n) is 16.9. The van der Waals surface area contributed by atoms with Crippen LogP contribution in [0.15, 0.2) is 42.6 Å². The largest absolute Gasteiger partial charge is 0.419 e. The topological polar surface area (TPSA) is 73.9 Å². The second kappa shape index (κ2) is 9.31. The average molecular weight is 377 g/mol. The SMILES string of the molecule is CCc1nc(Oc2cc(C)ccn2)c(CC)nc1N.c1ccc2c(c1)CCC2. The van der Waals surface area contributed by atoms with E-state index in [-0.39, 0.29) is 0 Å². The molecule has 5 nitrogen and oxygen atoms in total. The molecule has 5 heteroatoms. The Bertz CT molecular complexity index is 917. The van der Waals surface area contributed by atoms with Crippen molar-refractivity contribution in [2.45, 2.75) is 52.9 Å². The molecule has 0 radical (unpaired) electrons. The molecule has 0 spiro atoms. The number of fused-ring (bicyclic) bond motifs is 1. The molecule has 2 aromatic heterocycles. The molecule has 0 amide bonds. The molecule has 146 valence electrons. The quantitative estimate of drug-likeness (QED) is 0.704. The van der Waals surface area contributed by atoms with E-state index in [0.29, 0.717) is 24.0 Å². The minimum atomic E-state index is 0.476. The van der Waals surface area contributed by atoms with Crippen LogP contribution in [0.1, 0.15) is 48.3 Å². The highest BCUT2D eigenvalue weighted by Gasteiger charge is 2.12. The number of ether oxygens (including phenoxy) is 1. The van der Waals surface area contributed by atoms with Crippen molar-refractivity contribution in [3.8, 4) is 11.8 Å². The average Bonchev–Trinajstić information content (AvgIpc) is 3.18. The summed E-state index contributed by atoms with van der Waals surface area (Å²) in [6.45, 7) is 5.97. The van der Waals surface area contributed by atoms with Crippen molar-refractivity contribution in [2.75, 3.05) is 5.73 Å². The third-order valence-electron chi connectivity index (χ3n) is 4.81.